The zero-order valence-corrected chi connectivity index (χ0v) is 18.5. The number of rotatable bonds is 6. The Labute approximate surface area is 182 Å². The van der Waals surface area contributed by atoms with Crippen molar-refractivity contribution in [2.75, 3.05) is 12.4 Å². The van der Waals surface area contributed by atoms with Crippen LogP contribution >= 0.6 is 0 Å². The number of hydrogen-bond acceptors (Lipinski definition) is 3. The number of hydrogen-bond donors (Lipinski definition) is 1. The summed E-state index contributed by atoms with van der Waals surface area (Å²) in [5, 5.41) is 4.06. The number of nitrogens with zero attached hydrogens (tertiary/aromatic N) is 3. The van der Waals surface area contributed by atoms with Crippen LogP contribution in [-0.4, -0.2) is 33.3 Å². The Bertz CT molecular complexity index is 1190. The normalized spacial score (nSPS) is 14.8. The summed E-state index contributed by atoms with van der Waals surface area (Å²) in [6, 6.07) is 12.3. The van der Waals surface area contributed by atoms with Crippen molar-refractivity contribution in [1.82, 2.24) is 14.5 Å². The molecule has 0 unspecified atom stereocenters. The molecule has 6 heteroatoms. The highest BCUT2D eigenvalue weighted by Gasteiger charge is 2.44. The molecule has 1 aliphatic heterocycles. The topological polar surface area (TPSA) is 67.2 Å². The van der Waals surface area contributed by atoms with Gasteiger partial charge in [0.2, 0.25) is 11.8 Å². The van der Waals surface area contributed by atoms with Gasteiger partial charge in [-0.3, -0.25) is 9.59 Å². The zero-order chi connectivity index (χ0) is 22.2. The summed E-state index contributed by atoms with van der Waals surface area (Å²) in [7, 11) is 3.82. The van der Waals surface area contributed by atoms with Crippen molar-refractivity contribution >= 4 is 34.6 Å². The van der Waals surface area contributed by atoms with Gasteiger partial charge in [-0.2, -0.15) is 0 Å². The number of amides is 2. The Kier molecular flexibility index (Phi) is 5.39. The fraction of sp³-hybridized carbons (Fsp3) is 0.320. The molecule has 3 aromatic rings. The Morgan fingerprint density at radius 1 is 1.23 bits per heavy atom. The van der Waals surface area contributed by atoms with Gasteiger partial charge in [-0.1, -0.05) is 32.0 Å². The number of likely N-dealkylation sites (N-methyl/N-ethyl adjacent to an activating group) is 1. The summed E-state index contributed by atoms with van der Waals surface area (Å²) < 4.78 is 2.12. The molecular weight excluding hydrogens is 388 g/mol. The molecule has 0 saturated heterocycles. The van der Waals surface area contributed by atoms with Crippen molar-refractivity contribution in [3.05, 3.63) is 65.5 Å². The number of anilines is 1. The molecule has 0 radical (unpaired) electrons. The van der Waals surface area contributed by atoms with Crippen molar-refractivity contribution in [3.8, 4) is 0 Å². The Hall–Kier alpha value is -3.41. The fourth-order valence-corrected chi connectivity index (χ4v) is 4.45. The first-order chi connectivity index (χ1) is 14.9. The number of pyridine rings is 1. The van der Waals surface area contributed by atoms with Gasteiger partial charge in [0, 0.05) is 43.1 Å². The van der Waals surface area contributed by atoms with E-state index in [4.69, 9.17) is 0 Å². The lowest BCUT2D eigenvalue weighted by Gasteiger charge is -2.23. The third kappa shape index (κ3) is 3.52. The molecule has 0 bridgehead atoms. The highest BCUT2D eigenvalue weighted by Crippen LogP contribution is 2.42. The molecule has 1 aromatic carbocycles. The highest BCUT2D eigenvalue weighted by molar-refractivity contribution is 6.05. The average molecular weight is 417 g/mol. The Morgan fingerprint density at radius 2 is 1.97 bits per heavy atom. The van der Waals surface area contributed by atoms with Gasteiger partial charge >= 0.3 is 0 Å². The molecule has 4 rings (SSSR count). The number of benzene rings is 1. The van der Waals surface area contributed by atoms with Crippen molar-refractivity contribution in [2.24, 2.45) is 7.05 Å². The van der Waals surface area contributed by atoms with Crippen molar-refractivity contribution < 1.29 is 9.59 Å². The number of nitrogens with one attached hydrogen (secondary N) is 1. The van der Waals surface area contributed by atoms with Crippen molar-refractivity contribution in [1.29, 1.82) is 0 Å². The van der Waals surface area contributed by atoms with Gasteiger partial charge in [-0.15, -0.1) is 0 Å². The van der Waals surface area contributed by atoms with Crippen molar-refractivity contribution in [2.45, 2.75) is 38.6 Å². The molecule has 0 aliphatic carbocycles. The van der Waals surface area contributed by atoms with Crippen LogP contribution in [0.15, 0.2) is 48.7 Å². The molecule has 160 valence electrons. The average Bonchev–Trinajstić information content (AvgIpc) is 3.25. The van der Waals surface area contributed by atoms with E-state index in [9.17, 15) is 9.59 Å². The molecule has 31 heavy (non-hydrogen) atoms. The van der Waals surface area contributed by atoms with Gasteiger partial charge in [-0.05, 0) is 48.1 Å². The number of aryl methyl sites for hydroxylation is 1. The summed E-state index contributed by atoms with van der Waals surface area (Å²) >= 11 is 0. The van der Waals surface area contributed by atoms with Gasteiger partial charge in [-0.25, -0.2) is 4.98 Å². The Morgan fingerprint density at radius 3 is 2.68 bits per heavy atom. The molecule has 3 heterocycles. The van der Waals surface area contributed by atoms with E-state index in [-0.39, 0.29) is 11.8 Å². The predicted molar refractivity (Wildman–Crippen MR) is 124 cm³/mol. The third-order valence-corrected chi connectivity index (χ3v) is 6.54. The predicted octanol–water partition coefficient (Wildman–Crippen LogP) is 4.26. The molecule has 2 amide bonds. The maximum atomic E-state index is 12.7. The van der Waals surface area contributed by atoms with Crippen LogP contribution in [0.25, 0.3) is 17.0 Å². The lowest BCUT2D eigenvalue weighted by atomic mass is 9.77. The zero-order valence-electron chi connectivity index (χ0n) is 18.5. The van der Waals surface area contributed by atoms with E-state index in [0.29, 0.717) is 25.2 Å². The van der Waals surface area contributed by atoms with Gasteiger partial charge < -0.3 is 14.8 Å². The molecule has 0 fully saturated rings. The molecule has 1 aliphatic rings. The van der Waals surface area contributed by atoms with Crippen LogP contribution < -0.4 is 5.32 Å². The molecule has 1 N–H and O–H groups in total. The number of carbonyl (C=O) groups excluding carboxylic acids is 2. The summed E-state index contributed by atoms with van der Waals surface area (Å²) in [4.78, 5) is 31.3. The molecule has 6 nitrogen and oxygen atoms in total. The lowest BCUT2D eigenvalue weighted by Crippen LogP contribution is -2.32. The highest BCUT2D eigenvalue weighted by atomic mass is 16.2. The van der Waals surface area contributed by atoms with Gasteiger partial charge in [0.1, 0.15) is 5.82 Å². The SMILES string of the molecule is CCC1(CC)C(=O)Nc2ncc(/C=C/C(=O)N(C)Cc3cc4ccccc4n3C)cc21. The quantitative estimate of drug-likeness (QED) is 0.611. The van der Waals surface area contributed by atoms with E-state index in [0.717, 1.165) is 22.3 Å². The molecular formula is C25H28N4O2. The minimum absolute atomic E-state index is 0.00638. The van der Waals surface area contributed by atoms with Crippen LogP contribution in [-0.2, 0) is 28.6 Å². The monoisotopic (exact) mass is 416 g/mol. The van der Waals surface area contributed by atoms with Crippen LogP contribution in [0.1, 0.15) is 43.5 Å². The first kappa shape index (κ1) is 20.8. The van der Waals surface area contributed by atoms with E-state index in [2.05, 4.69) is 33.1 Å². The van der Waals surface area contributed by atoms with Crippen molar-refractivity contribution in [3.63, 3.8) is 0 Å². The van der Waals surface area contributed by atoms with E-state index in [1.54, 1.807) is 30.3 Å². The standard InChI is InChI=1S/C25H28N4O2/c1-5-25(6-2)20-13-17(15-26-23(20)27-24(25)31)11-12-22(30)28(3)16-19-14-18-9-7-8-10-21(18)29(19)4/h7-15H,5-6,16H2,1-4H3,(H,26,27,31)/b12-11+. The van der Waals surface area contributed by atoms with E-state index in [1.165, 1.54) is 5.39 Å². The minimum atomic E-state index is -0.540. The van der Waals surface area contributed by atoms with Crippen LogP contribution in [0, 0.1) is 0 Å². The summed E-state index contributed by atoms with van der Waals surface area (Å²) in [5.74, 6) is 0.550. The lowest BCUT2D eigenvalue weighted by molar-refractivity contribution is -0.125. The van der Waals surface area contributed by atoms with Gasteiger partial charge in [0.25, 0.3) is 0 Å². The molecule has 0 spiro atoms. The van der Waals surface area contributed by atoms with E-state index in [1.807, 2.05) is 39.1 Å². The number of aromatic nitrogens is 2. The van der Waals surface area contributed by atoms with Crippen LogP contribution in [0.3, 0.4) is 0 Å². The second kappa shape index (κ2) is 8.02. The second-order valence-corrected chi connectivity index (χ2v) is 8.19. The first-order valence-electron chi connectivity index (χ1n) is 10.7. The second-order valence-electron chi connectivity index (χ2n) is 8.19. The molecule has 2 aromatic heterocycles. The fourth-order valence-electron chi connectivity index (χ4n) is 4.45. The smallest absolute Gasteiger partial charge is 0.246 e. The molecule has 0 atom stereocenters. The number of fused-ring (bicyclic) bond motifs is 2. The maximum Gasteiger partial charge on any atom is 0.246 e. The van der Waals surface area contributed by atoms with Crippen LogP contribution in [0.4, 0.5) is 5.82 Å². The van der Waals surface area contributed by atoms with E-state index >= 15 is 0 Å². The van der Waals surface area contributed by atoms with Crippen LogP contribution in [0.5, 0.6) is 0 Å². The summed E-state index contributed by atoms with van der Waals surface area (Å²) in [6.07, 6.45) is 6.45. The number of para-hydroxylation sites is 1. The Balaban J connectivity index is 1.51. The maximum absolute atomic E-state index is 12.7. The van der Waals surface area contributed by atoms with Gasteiger partial charge in [0.05, 0.1) is 12.0 Å². The third-order valence-electron chi connectivity index (χ3n) is 6.54. The minimum Gasteiger partial charge on any atom is -0.346 e. The largest absolute Gasteiger partial charge is 0.346 e. The molecule has 0 saturated carbocycles. The van der Waals surface area contributed by atoms with Gasteiger partial charge in [0.15, 0.2) is 0 Å². The van der Waals surface area contributed by atoms with Crippen LogP contribution in [0.2, 0.25) is 0 Å². The summed E-state index contributed by atoms with van der Waals surface area (Å²) in [5.41, 5.74) is 3.41. The van der Waals surface area contributed by atoms with E-state index < -0.39 is 5.41 Å². The number of carbonyl (C=O) groups is 2. The first-order valence-corrected chi connectivity index (χ1v) is 10.7. The summed E-state index contributed by atoms with van der Waals surface area (Å²) in [6.45, 7) is 4.56.